The summed E-state index contributed by atoms with van der Waals surface area (Å²) in [4.78, 5) is -0.837. The number of nitrogens with zero attached hydrogens (tertiary/aromatic N) is 1. The van der Waals surface area contributed by atoms with Crippen molar-refractivity contribution in [2.24, 2.45) is 0 Å². The molecule has 0 amide bonds. The molecular weight excluding hydrogens is 445 g/mol. The molecule has 0 unspecified atom stereocenters. The Bertz CT molecular complexity index is 1110. The largest absolute Gasteiger partial charge is 0.573 e. The maximum Gasteiger partial charge on any atom is 0.573 e. The molecule has 0 atom stereocenters. The minimum absolute atomic E-state index is 0.102. The van der Waals surface area contributed by atoms with Crippen molar-refractivity contribution in [1.29, 1.82) is 0 Å². The Labute approximate surface area is 172 Å². The minimum Gasteiger partial charge on any atom is -0.404 e. The van der Waals surface area contributed by atoms with Gasteiger partial charge in [0.25, 0.3) is 10.0 Å². The summed E-state index contributed by atoms with van der Waals surface area (Å²) >= 11 is 0. The first kappa shape index (κ1) is 22.4. The van der Waals surface area contributed by atoms with Crippen LogP contribution in [0.5, 0.6) is 5.75 Å². The molecule has 1 aliphatic heterocycles. The third-order valence-electron chi connectivity index (χ3n) is 4.40. The molecule has 1 N–H and O–H groups in total. The Balaban J connectivity index is 1.89. The van der Waals surface area contributed by atoms with Crippen molar-refractivity contribution in [3.63, 3.8) is 0 Å². The number of anilines is 1. The summed E-state index contributed by atoms with van der Waals surface area (Å²) in [5.74, 6) is -0.894. The molecule has 3 rings (SSSR count). The van der Waals surface area contributed by atoms with E-state index in [0.29, 0.717) is 13.1 Å². The molecule has 30 heavy (non-hydrogen) atoms. The van der Waals surface area contributed by atoms with E-state index in [1.54, 1.807) is 0 Å². The maximum absolute atomic E-state index is 12.8. The summed E-state index contributed by atoms with van der Waals surface area (Å²) in [5.41, 5.74) is -0.102. The van der Waals surface area contributed by atoms with Gasteiger partial charge in [0.15, 0.2) is 0 Å². The highest BCUT2D eigenvalue weighted by Crippen LogP contribution is 2.31. The average Bonchev–Trinajstić information content (AvgIpc) is 2.67. The lowest BCUT2D eigenvalue weighted by atomic mass is 10.2. The summed E-state index contributed by atoms with van der Waals surface area (Å²) in [5, 5.41) is 0. The van der Waals surface area contributed by atoms with Gasteiger partial charge in [-0.25, -0.2) is 16.8 Å². The van der Waals surface area contributed by atoms with E-state index in [-0.39, 0.29) is 10.6 Å². The van der Waals surface area contributed by atoms with Crippen molar-refractivity contribution in [3.8, 4) is 5.75 Å². The van der Waals surface area contributed by atoms with Crippen LogP contribution >= 0.6 is 0 Å². The normalized spacial score (nSPS) is 16.2. The van der Waals surface area contributed by atoms with Crippen molar-refractivity contribution in [2.45, 2.75) is 35.4 Å². The van der Waals surface area contributed by atoms with Crippen molar-refractivity contribution in [1.82, 2.24) is 4.31 Å². The fraction of sp³-hybridized carbons (Fsp3) is 0.333. The predicted molar refractivity (Wildman–Crippen MR) is 103 cm³/mol. The number of benzene rings is 2. The molecule has 164 valence electrons. The average molecular weight is 464 g/mol. The monoisotopic (exact) mass is 464 g/mol. The highest BCUT2D eigenvalue weighted by molar-refractivity contribution is 7.92. The summed E-state index contributed by atoms with van der Waals surface area (Å²) in [6.07, 6.45) is -2.66. The van der Waals surface area contributed by atoms with Gasteiger partial charge in [-0.3, -0.25) is 4.72 Å². The van der Waals surface area contributed by atoms with Gasteiger partial charge >= 0.3 is 6.36 Å². The van der Waals surface area contributed by atoms with E-state index in [0.717, 1.165) is 37.5 Å². The second kappa shape index (κ2) is 8.44. The van der Waals surface area contributed by atoms with Crippen LogP contribution in [-0.2, 0) is 20.0 Å². The number of piperidine rings is 1. The van der Waals surface area contributed by atoms with Gasteiger partial charge in [-0.1, -0.05) is 24.6 Å². The van der Waals surface area contributed by atoms with Gasteiger partial charge < -0.3 is 4.74 Å². The van der Waals surface area contributed by atoms with Gasteiger partial charge in [0.1, 0.15) is 10.6 Å². The highest BCUT2D eigenvalue weighted by Gasteiger charge is 2.34. The highest BCUT2D eigenvalue weighted by atomic mass is 32.2. The van der Waals surface area contributed by atoms with Crippen LogP contribution in [0.3, 0.4) is 0 Å². The van der Waals surface area contributed by atoms with Crippen LogP contribution in [0.15, 0.2) is 58.3 Å². The molecule has 0 spiro atoms. The number of nitrogens with one attached hydrogen (secondary N) is 1. The van der Waals surface area contributed by atoms with Gasteiger partial charge in [-0.2, -0.15) is 4.31 Å². The Morgan fingerprint density at radius 1 is 0.900 bits per heavy atom. The standard InChI is InChI=1S/C18H19F3N2O5S2/c19-18(20,21)28-16-9-2-3-10-17(16)29(24,25)22-14-7-6-8-15(13-14)30(26,27)23-11-4-1-5-12-23/h2-3,6-10,13,22H,1,4-5,11-12H2. The Kier molecular flexibility index (Phi) is 6.29. The van der Waals surface area contributed by atoms with Crippen LogP contribution in [0.2, 0.25) is 0 Å². The Morgan fingerprint density at radius 2 is 1.57 bits per heavy atom. The molecule has 1 aliphatic rings. The maximum atomic E-state index is 12.8. The zero-order chi connectivity index (χ0) is 22.0. The van der Waals surface area contributed by atoms with E-state index in [1.807, 2.05) is 0 Å². The second-order valence-corrected chi connectivity index (χ2v) is 10.2. The molecular formula is C18H19F3N2O5S2. The Morgan fingerprint density at radius 3 is 2.23 bits per heavy atom. The lowest BCUT2D eigenvalue weighted by Crippen LogP contribution is -2.35. The van der Waals surface area contributed by atoms with E-state index in [9.17, 15) is 30.0 Å². The summed E-state index contributed by atoms with van der Waals surface area (Å²) < 4.78 is 95.9. The van der Waals surface area contributed by atoms with E-state index >= 15 is 0 Å². The molecule has 7 nitrogen and oxygen atoms in total. The SMILES string of the molecule is O=S(=O)(Nc1cccc(S(=O)(=O)N2CCCCC2)c1)c1ccccc1OC(F)(F)F. The molecule has 0 radical (unpaired) electrons. The first-order chi connectivity index (χ1) is 14.0. The van der Waals surface area contributed by atoms with E-state index in [4.69, 9.17) is 0 Å². The fourth-order valence-electron chi connectivity index (χ4n) is 3.07. The van der Waals surface area contributed by atoms with Crippen LogP contribution < -0.4 is 9.46 Å². The van der Waals surface area contributed by atoms with Crippen LogP contribution in [0.4, 0.5) is 18.9 Å². The number of hydrogen-bond acceptors (Lipinski definition) is 5. The molecule has 0 aliphatic carbocycles. The quantitative estimate of drug-likeness (QED) is 0.706. The zero-order valence-corrected chi connectivity index (χ0v) is 17.2. The van der Waals surface area contributed by atoms with Crippen molar-refractivity contribution < 1.29 is 34.7 Å². The molecule has 0 saturated carbocycles. The number of sulfonamides is 2. The summed E-state index contributed by atoms with van der Waals surface area (Å²) in [6, 6.07) is 9.40. The predicted octanol–water partition coefficient (Wildman–Crippen LogP) is 3.56. The van der Waals surface area contributed by atoms with Gasteiger partial charge in [-0.15, -0.1) is 13.2 Å². The lowest BCUT2D eigenvalue weighted by molar-refractivity contribution is -0.275. The minimum atomic E-state index is -5.08. The van der Waals surface area contributed by atoms with E-state index < -0.39 is 37.1 Å². The molecule has 1 fully saturated rings. The molecule has 2 aromatic carbocycles. The van der Waals surface area contributed by atoms with Crippen LogP contribution in [0.25, 0.3) is 0 Å². The molecule has 1 saturated heterocycles. The van der Waals surface area contributed by atoms with Crippen molar-refractivity contribution in [3.05, 3.63) is 48.5 Å². The summed E-state index contributed by atoms with van der Waals surface area (Å²) in [6.45, 7) is 0.751. The topological polar surface area (TPSA) is 92.8 Å². The van der Waals surface area contributed by atoms with Gasteiger partial charge in [0.2, 0.25) is 10.0 Å². The van der Waals surface area contributed by atoms with Crippen molar-refractivity contribution >= 4 is 25.7 Å². The number of ether oxygens (including phenoxy) is 1. The van der Waals surface area contributed by atoms with E-state index in [2.05, 4.69) is 9.46 Å². The zero-order valence-electron chi connectivity index (χ0n) is 15.6. The van der Waals surface area contributed by atoms with E-state index in [1.165, 1.54) is 34.6 Å². The Hall–Kier alpha value is -2.31. The lowest BCUT2D eigenvalue weighted by Gasteiger charge is -2.26. The molecule has 1 heterocycles. The first-order valence-electron chi connectivity index (χ1n) is 8.97. The number of alkyl halides is 3. The van der Waals surface area contributed by atoms with Gasteiger partial charge in [0, 0.05) is 13.1 Å². The third kappa shape index (κ3) is 5.24. The van der Waals surface area contributed by atoms with Gasteiger partial charge in [0.05, 0.1) is 10.6 Å². The van der Waals surface area contributed by atoms with Crippen LogP contribution in [0.1, 0.15) is 19.3 Å². The third-order valence-corrected chi connectivity index (χ3v) is 7.72. The number of para-hydroxylation sites is 1. The van der Waals surface area contributed by atoms with Crippen LogP contribution in [-0.4, -0.2) is 40.6 Å². The molecule has 0 aromatic heterocycles. The number of halogens is 3. The van der Waals surface area contributed by atoms with Gasteiger partial charge in [-0.05, 0) is 43.2 Å². The molecule has 12 heteroatoms. The molecule has 2 aromatic rings. The molecule has 0 bridgehead atoms. The first-order valence-corrected chi connectivity index (χ1v) is 11.9. The number of rotatable bonds is 6. The fourth-order valence-corrected chi connectivity index (χ4v) is 5.81. The summed E-state index contributed by atoms with van der Waals surface area (Å²) in [7, 11) is -8.30. The van der Waals surface area contributed by atoms with Crippen molar-refractivity contribution in [2.75, 3.05) is 17.8 Å². The second-order valence-electron chi connectivity index (χ2n) is 6.59. The smallest absolute Gasteiger partial charge is 0.404 e. The number of hydrogen-bond donors (Lipinski definition) is 1. The van der Waals surface area contributed by atoms with Crippen LogP contribution in [0, 0.1) is 0 Å².